The molecule has 0 atom stereocenters. The Morgan fingerprint density at radius 1 is 1.47 bits per heavy atom. The lowest BCUT2D eigenvalue weighted by atomic mass is 10.3. The minimum Gasteiger partial charge on any atom is -0.463 e. The van der Waals surface area contributed by atoms with Crippen LogP contribution in [0.3, 0.4) is 0 Å². The van der Waals surface area contributed by atoms with Gasteiger partial charge in [-0.05, 0) is 19.1 Å². The van der Waals surface area contributed by atoms with Gasteiger partial charge in [-0.2, -0.15) is 0 Å². The van der Waals surface area contributed by atoms with Gasteiger partial charge in [0.2, 0.25) is 0 Å². The molecule has 0 fully saturated rings. The van der Waals surface area contributed by atoms with Gasteiger partial charge < -0.3 is 15.8 Å². The van der Waals surface area contributed by atoms with Crippen molar-refractivity contribution >= 4 is 11.7 Å². The fourth-order valence-electron chi connectivity index (χ4n) is 1.04. The van der Waals surface area contributed by atoms with Gasteiger partial charge in [0.05, 0.1) is 12.7 Å². The highest BCUT2D eigenvalue weighted by atomic mass is 16.5. The Kier molecular flexibility index (Phi) is 4.22. The first-order valence-corrected chi connectivity index (χ1v) is 4.68. The summed E-state index contributed by atoms with van der Waals surface area (Å²) in [6.07, 6.45) is 1.22. The number of nitrogens with two attached hydrogens (primary N) is 1. The van der Waals surface area contributed by atoms with Crippen molar-refractivity contribution in [1.82, 2.24) is 0 Å². The summed E-state index contributed by atoms with van der Waals surface area (Å²) in [6.45, 7) is 2.08. The molecule has 4 heteroatoms. The maximum atomic E-state index is 11.0. The van der Waals surface area contributed by atoms with E-state index in [1.54, 1.807) is 6.92 Å². The zero-order valence-corrected chi connectivity index (χ0v) is 8.57. The van der Waals surface area contributed by atoms with Gasteiger partial charge in [0.15, 0.2) is 0 Å². The summed E-state index contributed by atoms with van der Waals surface area (Å²) in [5, 5.41) is 2.87. The Bertz CT molecular complexity index is 347. The van der Waals surface area contributed by atoms with Gasteiger partial charge >= 0.3 is 5.97 Å². The van der Waals surface area contributed by atoms with E-state index in [9.17, 15) is 4.79 Å². The van der Waals surface area contributed by atoms with Gasteiger partial charge in [0.25, 0.3) is 0 Å². The quantitative estimate of drug-likeness (QED) is 0.578. The zero-order valence-electron chi connectivity index (χ0n) is 8.57. The molecule has 0 heterocycles. The van der Waals surface area contributed by atoms with Crippen molar-refractivity contribution in [2.45, 2.75) is 6.92 Å². The van der Waals surface area contributed by atoms with Crippen LogP contribution in [0, 0.1) is 0 Å². The molecule has 0 aromatic heterocycles. The van der Waals surface area contributed by atoms with E-state index >= 15 is 0 Å². The van der Waals surface area contributed by atoms with Crippen LogP contribution in [0.15, 0.2) is 42.2 Å². The molecule has 1 aromatic carbocycles. The Morgan fingerprint density at radius 3 is 2.73 bits per heavy atom. The summed E-state index contributed by atoms with van der Waals surface area (Å²) in [4.78, 5) is 11.0. The predicted molar refractivity (Wildman–Crippen MR) is 59.0 cm³/mol. The molecule has 80 valence electrons. The van der Waals surface area contributed by atoms with Gasteiger partial charge in [0, 0.05) is 5.69 Å². The van der Waals surface area contributed by atoms with Gasteiger partial charge in [0.1, 0.15) is 5.82 Å². The number of para-hydroxylation sites is 1. The van der Waals surface area contributed by atoms with Crippen LogP contribution in [-0.4, -0.2) is 12.6 Å². The molecule has 0 aliphatic carbocycles. The van der Waals surface area contributed by atoms with Crippen LogP contribution < -0.4 is 11.1 Å². The van der Waals surface area contributed by atoms with Crippen LogP contribution in [-0.2, 0) is 9.53 Å². The van der Waals surface area contributed by atoms with Crippen molar-refractivity contribution in [3.8, 4) is 0 Å². The molecule has 15 heavy (non-hydrogen) atoms. The van der Waals surface area contributed by atoms with Gasteiger partial charge in [-0.1, -0.05) is 18.2 Å². The molecule has 0 bridgehead atoms. The van der Waals surface area contributed by atoms with Crippen LogP contribution in [0.4, 0.5) is 5.69 Å². The van der Waals surface area contributed by atoms with E-state index in [1.165, 1.54) is 6.08 Å². The maximum Gasteiger partial charge on any atom is 0.334 e. The highest BCUT2D eigenvalue weighted by Gasteiger charge is 1.98. The number of hydrogen-bond donors (Lipinski definition) is 2. The van der Waals surface area contributed by atoms with E-state index in [4.69, 9.17) is 10.5 Å². The molecule has 4 nitrogen and oxygen atoms in total. The van der Waals surface area contributed by atoms with E-state index < -0.39 is 5.97 Å². The first-order chi connectivity index (χ1) is 7.22. The summed E-state index contributed by atoms with van der Waals surface area (Å²) < 4.78 is 4.71. The molecule has 0 aliphatic heterocycles. The number of rotatable bonds is 4. The third-order valence-corrected chi connectivity index (χ3v) is 1.62. The fraction of sp³-hybridized carbons (Fsp3) is 0.182. The van der Waals surface area contributed by atoms with Crippen molar-refractivity contribution in [2.75, 3.05) is 11.9 Å². The molecule has 0 amide bonds. The molecular weight excluding hydrogens is 192 g/mol. The zero-order chi connectivity index (χ0) is 11.1. The summed E-state index contributed by atoms with van der Waals surface area (Å²) in [5.41, 5.74) is 6.42. The Morgan fingerprint density at radius 2 is 2.13 bits per heavy atom. The van der Waals surface area contributed by atoms with Gasteiger partial charge in [-0.25, -0.2) is 4.79 Å². The van der Waals surface area contributed by atoms with Crippen LogP contribution >= 0.6 is 0 Å². The van der Waals surface area contributed by atoms with E-state index in [0.717, 1.165) is 5.69 Å². The summed E-state index contributed by atoms with van der Waals surface area (Å²) in [7, 11) is 0. The van der Waals surface area contributed by atoms with Crippen LogP contribution in [0.25, 0.3) is 0 Å². The molecular formula is C11H14N2O2. The standard InChI is InChI=1S/C11H14N2O2/c1-2-15-11(14)8-10(12)13-9-6-4-3-5-7-9/h3-8,13H,2,12H2,1H3. The monoisotopic (exact) mass is 206 g/mol. The molecule has 0 unspecified atom stereocenters. The van der Waals surface area contributed by atoms with Gasteiger partial charge in [-0.3, -0.25) is 0 Å². The molecule has 0 aliphatic rings. The average molecular weight is 206 g/mol. The molecule has 1 aromatic rings. The van der Waals surface area contributed by atoms with E-state index in [-0.39, 0.29) is 5.82 Å². The largest absolute Gasteiger partial charge is 0.463 e. The smallest absolute Gasteiger partial charge is 0.334 e. The SMILES string of the molecule is CCOC(=O)C=C(N)Nc1ccccc1. The molecule has 0 saturated heterocycles. The lowest BCUT2D eigenvalue weighted by molar-refractivity contribution is -0.137. The second-order valence-electron chi connectivity index (χ2n) is 2.84. The van der Waals surface area contributed by atoms with Crippen molar-refractivity contribution < 1.29 is 9.53 Å². The number of hydrogen-bond acceptors (Lipinski definition) is 4. The minimum absolute atomic E-state index is 0.264. The number of benzene rings is 1. The Hall–Kier alpha value is -1.97. The highest BCUT2D eigenvalue weighted by Crippen LogP contribution is 2.06. The summed E-state index contributed by atoms with van der Waals surface area (Å²) >= 11 is 0. The Labute approximate surface area is 88.7 Å². The number of esters is 1. The van der Waals surface area contributed by atoms with Crippen molar-refractivity contribution in [3.63, 3.8) is 0 Å². The summed E-state index contributed by atoms with van der Waals surface area (Å²) in [6, 6.07) is 9.36. The molecule has 0 saturated carbocycles. The van der Waals surface area contributed by atoms with Crippen LogP contribution in [0.2, 0.25) is 0 Å². The molecule has 0 spiro atoms. The first-order valence-electron chi connectivity index (χ1n) is 4.68. The Balaban J connectivity index is 2.55. The lowest BCUT2D eigenvalue weighted by Gasteiger charge is -2.05. The predicted octanol–water partition coefficient (Wildman–Crippen LogP) is 1.46. The molecule has 0 radical (unpaired) electrons. The van der Waals surface area contributed by atoms with E-state index in [1.807, 2.05) is 30.3 Å². The fourth-order valence-corrected chi connectivity index (χ4v) is 1.04. The van der Waals surface area contributed by atoms with Crippen LogP contribution in [0.5, 0.6) is 0 Å². The van der Waals surface area contributed by atoms with Gasteiger partial charge in [-0.15, -0.1) is 0 Å². The van der Waals surface area contributed by atoms with Crippen molar-refractivity contribution in [1.29, 1.82) is 0 Å². The normalized spacial score (nSPS) is 10.9. The third kappa shape index (κ3) is 4.17. The number of ether oxygens (including phenoxy) is 1. The number of anilines is 1. The number of carbonyl (C=O) groups excluding carboxylic acids is 1. The first kappa shape index (κ1) is 11.1. The summed E-state index contributed by atoms with van der Waals surface area (Å²) in [5.74, 6) is -0.182. The number of nitrogens with one attached hydrogen (secondary N) is 1. The lowest BCUT2D eigenvalue weighted by Crippen LogP contribution is -2.12. The van der Waals surface area contributed by atoms with Crippen LogP contribution in [0.1, 0.15) is 6.92 Å². The number of carbonyl (C=O) groups is 1. The van der Waals surface area contributed by atoms with Crippen molar-refractivity contribution in [2.24, 2.45) is 5.73 Å². The topological polar surface area (TPSA) is 64.3 Å². The second-order valence-corrected chi connectivity index (χ2v) is 2.84. The minimum atomic E-state index is -0.446. The highest BCUT2D eigenvalue weighted by molar-refractivity contribution is 5.83. The molecule has 1 rings (SSSR count). The van der Waals surface area contributed by atoms with E-state index in [0.29, 0.717) is 6.61 Å². The van der Waals surface area contributed by atoms with E-state index in [2.05, 4.69) is 5.32 Å². The third-order valence-electron chi connectivity index (χ3n) is 1.62. The second kappa shape index (κ2) is 5.70. The maximum absolute atomic E-state index is 11.0. The molecule has 3 N–H and O–H groups in total. The van der Waals surface area contributed by atoms with Crippen molar-refractivity contribution in [3.05, 3.63) is 42.2 Å². The average Bonchev–Trinajstić information content (AvgIpc) is 2.19.